The predicted octanol–water partition coefficient (Wildman–Crippen LogP) is 6.47. The van der Waals surface area contributed by atoms with Crippen LogP contribution in [0.25, 0.3) is 6.08 Å². The van der Waals surface area contributed by atoms with Crippen molar-refractivity contribution < 1.29 is 19.1 Å². The lowest BCUT2D eigenvalue weighted by atomic mass is 10.1. The van der Waals surface area contributed by atoms with E-state index in [4.69, 9.17) is 0 Å². The zero-order valence-electron chi connectivity index (χ0n) is 18.7. The van der Waals surface area contributed by atoms with E-state index in [1.807, 2.05) is 24.3 Å². The van der Waals surface area contributed by atoms with Gasteiger partial charge in [0.1, 0.15) is 5.57 Å². The van der Waals surface area contributed by atoms with E-state index >= 15 is 0 Å². The van der Waals surface area contributed by atoms with Gasteiger partial charge < -0.3 is 9.47 Å². The summed E-state index contributed by atoms with van der Waals surface area (Å²) in [5.41, 5.74) is 1.98. The number of esters is 2. The van der Waals surface area contributed by atoms with Gasteiger partial charge in [-0.3, -0.25) is 0 Å². The maximum absolute atomic E-state index is 11.8. The van der Waals surface area contributed by atoms with Crippen LogP contribution in [0.3, 0.4) is 0 Å². The monoisotopic (exact) mass is 440 g/mol. The molecule has 166 valence electrons. The molecule has 5 heteroatoms. The molecule has 0 aliphatic heterocycles. The molecule has 0 fully saturated rings. The fraction of sp³-hybridized carbons (Fsp3) is 0.385. The molecule has 0 amide bonds. The standard InChI is InChI=1S/C26H32O4S/c1-4-5-6-7-8-9-10-20-11-15-22(16-12-20)31-23-17-13-21(14-18-23)19-24(25(27)29-2)26(28)30-3/h11-19H,4-10H2,1-3H3. The van der Waals surface area contributed by atoms with Crippen molar-refractivity contribution in [3.05, 3.63) is 65.2 Å². The van der Waals surface area contributed by atoms with Gasteiger partial charge in [0, 0.05) is 9.79 Å². The van der Waals surface area contributed by atoms with Gasteiger partial charge >= 0.3 is 11.9 Å². The Kier molecular flexibility index (Phi) is 10.9. The Labute approximate surface area is 190 Å². The van der Waals surface area contributed by atoms with Gasteiger partial charge in [-0.2, -0.15) is 0 Å². The zero-order chi connectivity index (χ0) is 22.5. The number of methoxy groups -OCH3 is 2. The van der Waals surface area contributed by atoms with E-state index in [1.165, 1.54) is 69.3 Å². The summed E-state index contributed by atoms with van der Waals surface area (Å²) in [6, 6.07) is 16.4. The topological polar surface area (TPSA) is 52.6 Å². The lowest BCUT2D eigenvalue weighted by molar-refractivity contribution is -0.143. The molecule has 0 spiro atoms. The number of benzene rings is 2. The molecule has 0 heterocycles. The summed E-state index contributed by atoms with van der Waals surface area (Å²) in [4.78, 5) is 25.8. The van der Waals surface area contributed by atoms with Crippen LogP contribution in [-0.2, 0) is 25.5 Å². The normalized spacial score (nSPS) is 10.4. The van der Waals surface area contributed by atoms with E-state index in [0.717, 1.165) is 16.9 Å². The van der Waals surface area contributed by atoms with Crippen molar-refractivity contribution in [3.63, 3.8) is 0 Å². The van der Waals surface area contributed by atoms with Crippen molar-refractivity contribution in [2.24, 2.45) is 0 Å². The first kappa shape index (κ1) is 24.7. The first-order valence-electron chi connectivity index (χ1n) is 10.8. The molecular weight excluding hydrogens is 408 g/mol. The Bertz CT molecular complexity index is 836. The highest BCUT2D eigenvalue weighted by molar-refractivity contribution is 7.99. The summed E-state index contributed by atoms with van der Waals surface area (Å²) >= 11 is 1.68. The Morgan fingerprint density at radius 2 is 1.29 bits per heavy atom. The van der Waals surface area contributed by atoms with Gasteiger partial charge in [-0.25, -0.2) is 9.59 Å². The average Bonchev–Trinajstić information content (AvgIpc) is 2.81. The highest BCUT2D eigenvalue weighted by Crippen LogP contribution is 2.28. The fourth-order valence-corrected chi connectivity index (χ4v) is 4.01. The molecule has 0 saturated heterocycles. The van der Waals surface area contributed by atoms with Crippen LogP contribution in [0.15, 0.2) is 63.9 Å². The highest BCUT2D eigenvalue weighted by atomic mass is 32.2. The van der Waals surface area contributed by atoms with Gasteiger partial charge in [-0.15, -0.1) is 0 Å². The first-order chi connectivity index (χ1) is 15.1. The van der Waals surface area contributed by atoms with Gasteiger partial charge in [0.05, 0.1) is 14.2 Å². The SMILES string of the molecule is CCCCCCCCc1ccc(Sc2ccc(C=C(C(=O)OC)C(=O)OC)cc2)cc1. The maximum atomic E-state index is 11.8. The van der Waals surface area contributed by atoms with Crippen molar-refractivity contribution in [2.75, 3.05) is 14.2 Å². The number of carbonyl (C=O) groups is 2. The van der Waals surface area contributed by atoms with Crippen molar-refractivity contribution in [1.82, 2.24) is 0 Å². The second-order valence-corrected chi connectivity index (χ2v) is 8.52. The zero-order valence-corrected chi connectivity index (χ0v) is 19.5. The van der Waals surface area contributed by atoms with Crippen LogP contribution in [-0.4, -0.2) is 26.2 Å². The Morgan fingerprint density at radius 3 is 1.84 bits per heavy atom. The minimum Gasteiger partial charge on any atom is -0.465 e. The number of ether oxygens (including phenoxy) is 2. The summed E-state index contributed by atoms with van der Waals surface area (Å²) in [6.07, 6.45) is 10.5. The summed E-state index contributed by atoms with van der Waals surface area (Å²) in [7, 11) is 2.47. The highest BCUT2D eigenvalue weighted by Gasteiger charge is 2.19. The molecule has 0 aliphatic rings. The molecule has 4 nitrogen and oxygen atoms in total. The van der Waals surface area contributed by atoms with Crippen LogP contribution in [0.4, 0.5) is 0 Å². The molecule has 0 N–H and O–H groups in total. The third-order valence-corrected chi connectivity index (χ3v) is 6.00. The van der Waals surface area contributed by atoms with Crippen LogP contribution in [0.1, 0.15) is 56.6 Å². The third kappa shape index (κ3) is 8.62. The summed E-state index contributed by atoms with van der Waals surface area (Å²) in [6.45, 7) is 2.25. The molecular formula is C26H32O4S. The van der Waals surface area contributed by atoms with Crippen LogP contribution < -0.4 is 0 Å². The number of unbranched alkanes of at least 4 members (excludes halogenated alkanes) is 5. The van der Waals surface area contributed by atoms with Crippen molar-refractivity contribution >= 4 is 29.8 Å². The van der Waals surface area contributed by atoms with Crippen molar-refractivity contribution in [2.45, 2.75) is 61.7 Å². The fourth-order valence-electron chi connectivity index (χ4n) is 3.19. The van der Waals surface area contributed by atoms with E-state index in [2.05, 4.69) is 40.7 Å². The minimum atomic E-state index is -0.716. The smallest absolute Gasteiger partial charge is 0.345 e. The Balaban J connectivity index is 1.91. The van der Waals surface area contributed by atoms with Gasteiger partial charge in [-0.1, -0.05) is 75.1 Å². The quantitative estimate of drug-likeness (QED) is 0.124. The van der Waals surface area contributed by atoms with E-state index < -0.39 is 11.9 Å². The number of hydrogen-bond donors (Lipinski definition) is 0. The summed E-state index contributed by atoms with van der Waals surface area (Å²) in [5.74, 6) is -1.43. The molecule has 0 unspecified atom stereocenters. The molecule has 2 aromatic rings. The molecule has 0 atom stereocenters. The van der Waals surface area contributed by atoms with Crippen LogP contribution in [0, 0.1) is 0 Å². The van der Waals surface area contributed by atoms with E-state index in [9.17, 15) is 9.59 Å². The van der Waals surface area contributed by atoms with Gasteiger partial charge in [0.15, 0.2) is 0 Å². The second-order valence-electron chi connectivity index (χ2n) is 7.37. The third-order valence-electron chi connectivity index (χ3n) is 4.98. The average molecular weight is 441 g/mol. The molecule has 2 aromatic carbocycles. The van der Waals surface area contributed by atoms with Crippen molar-refractivity contribution in [1.29, 1.82) is 0 Å². The Hall–Kier alpha value is -2.53. The van der Waals surface area contributed by atoms with E-state index in [1.54, 1.807) is 11.8 Å². The maximum Gasteiger partial charge on any atom is 0.345 e. The lowest BCUT2D eigenvalue weighted by Crippen LogP contribution is -2.15. The van der Waals surface area contributed by atoms with Crippen LogP contribution >= 0.6 is 11.8 Å². The van der Waals surface area contributed by atoms with Gasteiger partial charge in [0.25, 0.3) is 0 Å². The predicted molar refractivity (Wildman–Crippen MR) is 126 cm³/mol. The van der Waals surface area contributed by atoms with Crippen LogP contribution in [0.2, 0.25) is 0 Å². The number of carbonyl (C=O) groups excluding carboxylic acids is 2. The molecule has 2 rings (SSSR count). The number of hydrogen-bond acceptors (Lipinski definition) is 5. The van der Waals surface area contributed by atoms with E-state index in [-0.39, 0.29) is 5.57 Å². The Morgan fingerprint density at radius 1 is 0.774 bits per heavy atom. The number of aryl methyl sites for hydroxylation is 1. The summed E-state index contributed by atoms with van der Waals surface area (Å²) in [5, 5.41) is 0. The minimum absolute atomic E-state index is 0.133. The van der Waals surface area contributed by atoms with Gasteiger partial charge in [-0.05, 0) is 54.3 Å². The lowest BCUT2D eigenvalue weighted by Gasteiger charge is -2.06. The van der Waals surface area contributed by atoms with E-state index in [0.29, 0.717) is 0 Å². The number of rotatable bonds is 12. The van der Waals surface area contributed by atoms with Crippen molar-refractivity contribution in [3.8, 4) is 0 Å². The second kappa shape index (κ2) is 13.7. The molecule has 0 saturated carbocycles. The summed E-state index contributed by atoms with van der Waals surface area (Å²) < 4.78 is 9.31. The molecule has 0 bridgehead atoms. The molecule has 31 heavy (non-hydrogen) atoms. The molecule has 0 radical (unpaired) electrons. The first-order valence-corrected chi connectivity index (χ1v) is 11.6. The van der Waals surface area contributed by atoms with Crippen LogP contribution in [0.5, 0.6) is 0 Å². The molecule has 0 aromatic heterocycles. The molecule has 0 aliphatic carbocycles. The van der Waals surface area contributed by atoms with Gasteiger partial charge in [0.2, 0.25) is 0 Å². The largest absolute Gasteiger partial charge is 0.465 e.